The molecule has 1 aromatic rings. The molecule has 1 atom stereocenters. The second-order valence-electron chi connectivity index (χ2n) is 6.06. The Kier molecular flexibility index (Phi) is 4.99. The smallest absolute Gasteiger partial charge is 0.251 e. The van der Waals surface area contributed by atoms with Crippen molar-refractivity contribution < 1.29 is 9.59 Å². The van der Waals surface area contributed by atoms with Crippen molar-refractivity contribution in [1.29, 1.82) is 0 Å². The van der Waals surface area contributed by atoms with E-state index in [4.69, 9.17) is 0 Å². The van der Waals surface area contributed by atoms with Crippen LogP contribution in [0.1, 0.15) is 50.4 Å². The summed E-state index contributed by atoms with van der Waals surface area (Å²) in [5, 5.41) is 2.98. The largest absolute Gasteiger partial charge is 0.349 e. The number of amides is 2. The lowest BCUT2D eigenvalue weighted by atomic mass is 10.1. The first-order valence-electron chi connectivity index (χ1n) is 7.70. The highest BCUT2D eigenvalue weighted by Crippen LogP contribution is 2.21. The molecule has 0 spiro atoms. The van der Waals surface area contributed by atoms with E-state index in [1.54, 1.807) is 12.1 Å². The zero-order valence-electron chi connectivity index (χ0n) is 13.1. The van der Waals surface area contributed by atoms with Crippen molar-refractivity contribution in [3.63, 3.8) is 0 Å². The first-order chi connectivity index (χ1) is 9.99. The first-order valence-corrected chi connectivity index (χ1v) is 7.70. The van der Waals surface area contributed by atoms with Gasteiger partial charge in [0.2, 0.25) is 5.91 Å². The third kappa shape index (κ3) is 3.84. The Morgan fingerprint density at radius 2 is 1.81 bits per heavy atom. The van der Waals surface area contributed by atoms with E-state index in [0.29, 0.717) is 17.9 Å². The molecule has 1 aliphatic rings. The van der Waals surface area contributed by atoms with E-state index >= 15 is 0 Å². The third-order valence-corrected chi connectivity index (χ3v) is 4.12. The summed E-state index contributed by atoms with van der Waals surface area (Å²) in [6, 6.07) is 7.44. The Morgan fingerprint density at radius 1 is 1.14 bits per heavy atom. The molecular weight excluding hydrogens is 264 g/mol. The average molecular weight is 288 g/mol. The standard InChI is InChI=1S/C17H24N2O2/c1-12(2)13(3)18-17(21)14-7-9-15(10-8-14)19-11-5-4-6-16(19)20/h7-10,12-13H,4-6,11H2,1-3H3,(H,18,21). The minimum Gasteiger partial charge on any atom is -0.349 e. The second-order valence-corrected chi connectivity index (χ2v) is 6.06. The predicted molar refractivity (Wildman–Crippen MR) is 84.4 cm³/mol. The number of nitrogens with one attached hydrogen (secondary N) is 1. The molecule has 0 bridgehead atoms. The van der Waals surface area contributed by atoms with Gasteiger partial charge < -0.3 is 10.2 Å². The van der Waals surface area contributed by atoms with E-state index in [-0.39, 0.29) is 17.9 Å². The number of carbonyl (C=O) groups is 2. The molecule has 21 heavy (non-hydrogen) atoms. The highest BCUT2D eigenvalue weighted by Gasteiger charge is 2.20. The van der Waals surface area contributed by atoms with Gasteiger partial charge in [-0.3, -0.25) is 9.59 Å². The molecule has 114 valence electrons. The fraction of sp³-hybridized carbons (Fsp3) is 0.529. The topological polar surface area (TPSA) is 49.4 Å². The van der Waals surface area contributed by atoms with Crippen LogP contribution in [-0.2, 0) is 4.79 Å². The van der Waals surface area contributed by atoms with E-state index < -0.39 is 0 Å². The molecule has 1 fully saturated rings. The normalized spacial score (nSPS) is 17.0. The summed E-state index contributed by atoms with van der Waals surface area (Å²) in [6.07, 6.45) is 2.64. The fourth-order valence-electron chi connectivity index (χ4n) is 2.33. The summed E-state index contributed by atoms with van der Waals surface area (Å²) in [5.41, 5.74) is 1.52. The lowest BCUT2D eigenvalue weighted by Gasteiger charge is -2.27. The quantitative estimate of drug-likeness (QED) is 0.926. The Balaban J connectivity index is 2.04. The highest BCUT2D eigenvalue weighted by molar-refractivity contribution is 5.97. The molecule has 1 heterocycles. The molecule has 1 N–H and O–H groups in total. The van der Waals surface area contributed by atoms with Gasteiger partial charge in [-0.05, 0) is 49.9 Å². The highest BCUT2D eigenvalue weighted by atomic mass is 16.2. The van der Waals surface area contributed by atoms with Gasteiger partial charge in [0.05, 0.1) is 0 Å². The Hall–Kier alpha value is -1.84. The van der Waals surface area contributed by atoms with Gasteiger partial charge in [0.15, 0.2) is 0 Å². The van der Waals surface area contributed by atoms with Gasteiger partial charge in [0.1, 0.15) is 0 Å². The molecule has 0 aromatic heterocycles. The van der Waals surface area contributed by atoms with Crippen LogP contribution in [0.5, 0.6) is 0 Å². The number of piperidine rings is 1. The number of carbonyl (C=O) groups excluding carboxylic acids is 2. The lowest BCUT2D eigenvalue weighted by Crippen LogP contribution is -2.36. The van der Waals surface area contributed by atoms with Gasteiger partial charge in [0, 0.05) is 30.3 Å². The SMILES string of the molecule is CC(C)C(C)NC(=O)c1ccc(N2CCCCC2=O)cc1. The van der Waals surface area contributed by atoms with Crippen molar-refractivity contribution in [2.75, 3.05) is 11.4 Å². The van der Waals surface area contributed by atoms with Crippen LogP contribution < -0.4 is 10.2 Å². The minimum atomic E-state index is -0.0623. The molecule has 2 amide bonds. The average Bonchev–Trinajstić information content (AvgIpc) is 2.47. The van der Waals surface area contributed by atoms with Crippen molar-refractivity contribution in [2.45, 2.75) is 46.1 Å². The van der Waals surface area contributed by atoms with Crippen molar-refractivity contribution >= 4 is 17.5 Å². The maximum atomic E-state index is 12.1. The minimum absolute atomic E-state index is 0.0623. The molecule has 1 saturated heterocycles. The Labute approximate surface area is 126 Å². The number of hydrogen-bond acceptors (Lipinski definition) is 2. The summed E-state index contributed by atoms with van der Waals surface area (Å²) >= 11 is 0. The van der Waals surface area contributed by atoms with Crippen LogP contribution in [-0.4, -0.2) is 24.4 Å². The molecule has 0 aliphatic carbocycles. The van der Waals surface area contributed by atoms with Crippen LogP contribution in [0.2, 0.25) is 0 Å². The monoisotopic (exact) mass is 288 g/mol. The summed E-state index contributed by atoms with van der Waals surface area (Å²) in [6.45, 7) is 6.93. The van der Waals surface area contributed by atoms with Crippen LogP contribution in [0.4, 0.5) is 5.69 Å². The first kappa shape index (κ1) is 15.5. The summed E-state index contributed by atoms with van der Waals surface area (Å²) in [7, 11) is 0. The van der Waals surface area contributed by atoms with E-state index in [2.05, 4.69) is 19.2 Å². The van der Waals surface area contributed by atoms with Crippen LogP contribution in [0.3, 0.4) is 0 Å². The molecule has 1 aromatic carbocycles. The van der Waals surface area contributed by atoms with Crippen molar-refractivity contribution in [3.8, 4) is 0 Å². The second kappa shape index (κ2) is 6.74. The number of nitrogens with zero attached hydrogens (tertiary/aromatic N) is 1. The zero-order chi connectivity index (χ0) is 15.4. The molecule has 1 aliphatic heterocycles. The summed E-state index contributed by atoms with van der Waals surface area (Å²) < 4.78 is 0. The fourth-order valence-corrected chi connectivity index (χ4v) is 2.33. The van der Waals surface area contributed by atoms with Gasteiger partial charge in [-0.25, -0.2) is 0 Å². The Bertz CT molecular complexity index is 508. The van der Waals surface area contributed by atoms with E-state index in [9.17, 15) is 9.59 Å². The van der Waals surface area contributed by atoms with Gasteiger partial charge in [-0.15, -0.1) is 0 Å². The zero-order valence-corrected chi connectivity index (χ0v) is 13.1. The van der Waals surface area contributed by atoms with Crippen molar-refractivity contribution in [3.05, 3.63) is 29.8 Å². The maximum absolute atomic E-state index is 12.1. The molecule has 0 saturated carbocycles. The number of hydrogen-bond donors (Lipinski definition) is 1. The molecule has 1 unspecified atom stereocenters. The van der Waals surface area contributed by atoms with Crippen LogP contribution in [0.25, 0.3) is 0 Å². The van der Waals surface area contributed by atoms with Crippen LogP contribution >= 0.6 is 0 Å². The van der Waals surface area contributed by atoms with E-state index in [1.165, 1.54) is 0 Å². The number of anilines is 1. The van der Waals surface area contributed by atoms with Crippen LogP contribution in [0, 0.1) is 5.92 Å². The molecular formula is C17H24N2O2. The van der Waals surface area contributed by atoms with Gasteiger partial charge in [-0.1, -0.05) is 13.8 Å². The lowest BCUT2D eigenvalue weighted by molar-refractivity contribution is -0.119. The van der Waals surface area contributed by atoms with Gasteiger partial charge in [-0.2, -0.15) is 0 Å². The Morgan fingerprint density at radius 3 is 2.38 bits per heavy atom. The molecule has 0 radical (unpaired) electrons. The summed E-state index contributed by atoms with van der Waals surface area (Å²) in [5.74, 6) is 0.513. The maximum Gasteiger partial charge on any atom is 0.251 e. The van der Waals surface area contributed by atoms with Crippen LogP contribution in [0.15, 0.2) is 24.3 Å². The molecule has 2 rings (SSSR count). The molecule has 4 nitrogen and oxygen atoms in total. The van der Waals surface area contributed by atoms with Gasteiger partial charge in [0.25, 0.3) is 5.91 Å². The molecule has 4 heteroatoms. The number of benzene rings is 1. The third-order valence-electron chi connectivity index (χ3n) is 4.12. The van der Waals surface area contributed by atoms with E-state index in [0.717, 1.165) is 25.1 Å². The van der Waals surface area contributed by atoms with Crippen molar-refractivity contribution in [1.82, 2.24) is 5.32 Å². The van der Waals surface area contributed by atoms with Crippen molar-refractivity contribution in [2.24, 2.45) is 5.92 Å². The van der Waals surface area contributed by atoms with E-state index in [1.807, 2.05) is 24.0 Å². The summed E-state index contributed by atoms with van der Waals surface area (Å²) in [4.78, 5) is 25.8. The van der Waals surface area contributed by atoms with Gasteiger partial charge >= 0.3 is 0 Å². The predicted octanol–water partition coefficient (Wildman–Crippen LogP) is 2.98. The number of rotatable bonds is 4.